The van der Waals surface area contributed by atoms with E-state index in [0.717, 1.165) is 6.42 Å². The zero-order chi connectivity index (χ0) is 11.1. The number of rotatable bonds is 4. The number of hydrogen-bond donors (Lipinski definition) is 2. The van der Waals surface area contributed by atoms with Crippen molar-refractivity contribution in [2.24, 2.45) is 11.1 Å². The predicted octanol–water partition coefficient (Wildman–Crippen LogP) is -0.276. The summed E-state index contributed by atoms with van der Waals surface area (Å²) >= 11 is 0. The van der Waals surface area contributed by atoms with Crippen LogP contribution < -0.4 is 10.5 Å². The molecule has 2 rings (SSSR count). The van der Waals surface area contributed by atoms with E-state index in [9.17, 15) is 13.2 Å². The Bertz CT molecular complexity index is 363. The first-order chi connectivity index (χ1) is 7.00. The fraction of sp³-hybridized carbons (Fsp3) is 0.889. The highest BCUT2D eigenvalue weighted by molar-refractivity contribution is 7.90. The average molecular weight is 232 g/mol. The van der Waals surface area contributed by atoms with Crippen molar-refractivity contribution in [3.63, 3.8) is 0 Å². The van der Waals surface area contributed by atoms with Crippen molar-refractivity contribution < 1.29 is 13.2 Å². The molecule has 2 fully saturated rings. The van der Waals surface area contributed by atoms with Crippen LogP contribution in [0.25, 0.3) is 0 Å². The van der Waals surface area contributed by atoms with Gasteiger partial charge in [0.1, 0.15) is 0 Å². The van der Waals surface area contributed by atoms with Crippen molar-refractivity contribution in [2.45, 2.75) is 37.4 Å². The van der Waals surface area contributed by atoms with Crippen LogP contribution in [0.5, 0.6) is 0 Å². The molecule has 15 heavy (non-hydrogen) atoms. The molecule has 3 N–H and O–H groups in total. The van der Waals surface area contributed by atoms with Gasteiger partial charge in [0.25, 0.3) is 0 Å². The Morgan fingerprint density at radius 1 is 1.40 bits per heavy atom. The third-order valence-corrected chi connectivity index (χ3v) is 5.20. The molecule has 0 aromatic carbocycles. The Balaban J connectivity index is 2.02. The molecular formula is C9H16N2O3S. The molecule has 6 heteroatoms. The molecule has 5 nitrogen and oxygen atoms in total. The van der Waals surface area contributed by atoms with Crippen LogP contribution in [0.3, 0.4) is 0 Å². The summed E-state index contributed by atoms with van der Waals surface area (Å²) in [7, 11) is -3.41. The second-order valence-corrected chi connectivity index (χ2v) is 6.47. The molecule has 0 bridgehead atoms. The lowest BCUT2D eigenvalue weighted by Crippen LogP contribution is -2.52. The molecule has 2 aliphatic carbocycles. The van der Waals surface area contributed by atoms with Crippen molar-refractivity contribution in [1.82, 2.24) is 4.72 Å². The van der Waals surface area contributed by atoms with E-state index in [-0.39, 0.29) is 11.8 Å². The van der Waals surface area contributed by atoms with Gasteiger partial charge in [0.15, 0.2) is 0 Å². The highest BCUT2D eigenvalue weighted by Gasteiger charge is 2.46. The first-order valence-corrected chi connectivity index (χ1v) is 6.81. The lowest BCUT2D eigenvalue weighted by Gasteiger charge is -2.38. The number of nitrogens with two attached hydrogens (primary N) is 1. The summed E-state index contributed by atoms with van der Waals surface area (Å²) in [5, 5.41) is -0.351. The fourth-order valence-corrected chi connectivity index (χ4v) is 3.22. The molecule has 0 unspecified atom stereocenters. The number of carbonyl (C=O) groups excluding carboxylic acids is 1. The molecule has 1 amide bonds. The quantitative estimate of drug-likeness (QED) is 0.698. The van der Waals surface area contributed by atoms with E-state index in [1.54, 1.807) is 0 Å². The van der Waals surface area contributed by atoms with Gasteiger partial charge >= 0.3 is 0 Å². The highest BCUT2D eigenvalue weighted by Crippen LogP contribution is 2.40. The van der Waals surface area contributed by atoms with Gasteiger partial charge in [-0.15, -0.1) is 0 Å². The van der Waals surface area contributed by atoms with Gasteiger partial charge < -0.3 is 5.73 Å². The zero-order valence-electron chi connectivity index (χ0n) is 8.53. The van der Waals surface area contributed by atoms with E-state index >= 15 is 0 Å². The summed E-state index contributed by atoms with van der Waals surface area (Å²) in [6.45, 7) is 0.235. The van der Waals surface area contributed by atoms with Gasteiger partial charge in [-0.3, -0.25) is 9.52 Å². The third-order valence-electron chi connectivity index (χ3n) is 3.38. The maximum absolute atomic E-state index is 11.8. The van der Waals surface area contributed by atoms with Crippen LogP contribution >= 0.6 is 0 Å². The molecule has 2 aliphatic rings. The summed E-state index contributed by atoms with van der Waals surface area (Å²) in [4.78, 5) is 11.8. The smallest absolute Gasteiger partial charge is 0.240 e. The minimum atomic E-state index is -3.41. The largest absolute Gasteiger partial charge is 0.329 e. The normalized spacial score (nSPS) is 24.3. The second-order valence-electron chi connectivity index (χ2n) is 4.51. The minimum Gasteiger partial charge on any atom is -0.329 e. The third kappa shape index (κ3) is 1.88. The van der Waals surface area contributed by atoms with Crippen LogP contribution in [-0.4, -0.2) is 26.1 Å². The van der Waals surface area contributed by atoms with Gasteiger partial charge in [0.2, 0.25) is 15.9 Å². The van der Waals surface area contributed by atoms with Crippen LogP contribution in [0, 0.1) is 5.41 Å². The van der Waals surface area contributed by atoms with Crippen molar-refractivity contribution >= 4 is 15.9 Å². The molecule has 0 aromatic heterocycles. The summed E-state index contributed by atoms with van der Waals surface area (Å²) in [5.74, 6) is -0.400. The molecule has 86 valence electrons. The van der Waals surface area contributed by atoms with Crippen LogP contribution in [0.4, 0.5) is 0 Å². The fourth-order valence-electron chi connectivity index (χ4n) is 1.83. The monoisotopic (exact) mass is 232 g/mol. The van der Waals surface area contributed by atoms with Gasteiger partial charge in [-0.2, -0.15) is 0 Å². The average Bonchev–Trinajstić information content (AvgIpc) is 2.83. The summed E-state index contributed by atoms with van der Waals surface area (Å²) in [5.41, 5.74) is 4.92. The minimum absolute atomic E-state index is 0.235. The molecule has 0 aromatic rings. The van der Waals surface area contributed by atoms with Crippen LogP contribution in [-0.2, 0) is 14.8 Å². The van der Waals surface area contributed by atoms with E-state index in [0.29, 0.717) is 25.7 Å². The van der Waals surface area contributed by atoms with Crippen LogP contribution in [0.15, 0.2) is 0 Å². The number of sulfonamides is 1. The number of amides is 1. The topological polar surface area (TPSA) is 89.3 Å². The maximum atomic E-state index is 11.8. The van der Waals surface area contributed by atoms with Crippen LogP contribution in [0.2, 0.25) is 0 Å². The van der Waals surface area contributed by atoms with Crippen molar-refractivity contribution in [1.29, 1.82) is 0 Å². The Morgan fingerprint density at radius 3 is 2.33 bits per heavy atom. The number of nitrogens with one attached hydrogen (secondary N) is 1. The Labute approximate surface area is 89.5 Å². The van der Waals surface area contributed by atoms with E-state index < -0.39 is 21.3 Å². The van der Waals surface area contributed by atoms with Gasteiger partial charge in [-0.05, 0) is 25.7 Å². The predicted molar refractivity (Wildman–Crippen MR) is 55.4 cm³/mol. The van der Waals surface area contributed by atoms with Gasteiger partial charge in [-0.1, -0.05) is 6.42 Å². The van der Waals surface area contributed by atoms with Crippen molar-refractivity contribution in [3.05, 3.63) is 0 Å². The van der Waals surface area contributed by atoms with E-state index in [1.165, 1.54) is 0 Å². The number of hydrogen-bond acceptors (Lipinski definition) is 4. The van der Waals surface area contributed by atoms with Gasteiger partial charge in [-0.25, -0.2) is 8.42 Å². The summed E-state index contributed by atoms with van der Waals surface area (Å²) in [6, 6.07) is 0. The first-order valence-electron chi connectivity index (χ1n) is 5.26. The Hall–Kier alpha value is -0.620. The van der Waals surface area contributed by atoms with E-state index in [2.05, 4.69) is 4.72 Å². The van der Waals surface area contributed by atoms with Gasteiger partial charge in [0, 0.05) is 6.54 Å². The molecule has 0 aliphatic heterocycles. The highest BCUT2D eigenvalue weighted by atomic mass is 32.2. The van der Waals surface area contributed by atoms with E-state index in [4.69, 9.17) is 5.73 Å². The number of carbonyl (C=O) groups is 1. The standard InChI is InChI=1S/C9H16N2O3S/c10-6-9(4-1-5-9)8(12)11-15(13,14)7-2-3-7/h7H,1-6,10H2,(H,11,12). The molecule has 0 atom stereocenters. The molecular weight excluding hydrogens is 216 g/mol. The summed E-state index contributed by atoms with van der Waals surface area (Å²) < 4.78 is 25.2. The first kappa shape index (κ1) is 10.9. The Kier molecular flexibility index (Phi) is 2.50. The van der Waals surface area contributed by atoms with Crippen molar-refractivity contribution in [3.8, 4) is 0 Å². The maximum Gasteiger partial charge on any atom is 0.240 e. The Morgan fingerprint density at radius 2 is 2.00 bits per heavy atom. The van der Waals surface area contributed by atoms with E-state index in [1.807, 2.05) is 0 Å². The summed E-state index contributed by atoms with van der Waals surface area (Å²) in [6.07, 6.45) is 3.69. The SMILES string of the molecule is NCC1(C(=O)NS(=O)(=O)C2CC2)CCC1. The lowest BCUT2D eigenvalue weighted by atomic mass is 9.68. The zero-order valence-corrected chi connectivity index (χ0v) is 9.35. The molecule has 0 radical (unpaired) electrons. The van der Waals surface area contributed by atoms with Crippen LogP contribution in [0.1, 0.15) is 32.1 Å². The molecule has 0 heterocycles. The van der Waals surface area contributed by atoms with Gasteiger partial charge in [0.05, 0.1) is 10.7 Å². The van der Waals surface area contributed by atoms with Crippen molar-refractivity contribution in [2.75, 3.05) is 6.54 Å². The second kappa shape index (κ2) is 3.45. The molecule has 2 saturated carbocycles. The molecule has 0 saturated heterocycles. The molecule has 0 spiro atoms. The lowest BCUT2D eigenvalue weighted by molar-refractivity contribution is -0.133.